The first-order valence-corrected chi connectivity index (χ1v) is 5.82. The van der Waals surface area contributed by atoms with E-state index in [0.29, 0.717) is 0 Å². The van der Waals surface area contributed by atoms with E-state index < -0.39 is 0 Å². The summed E-state index contributed by atoms with van der Waals surface area (Å²) in [6, 6.07) is 6.49. The lowest BCUT2D eigenvalue weighted by molar-refractivity contribution is 0.150. The Hall–Kier alpha value is -1.28. The molecule has 2 nitrogen and oxygen atoms in total. The molecule has 0 aromatic heterocycles. The van der Waals surface area contributed by atoms with Crippen LogP contribution in [0.2, 0.25) is 0 Å². The van der Waals surface area contributed by atoms with Gasteiger partial charge in [-0.25, -0.2) is 0 Å². The molecule has 0 aliphatic carbocycles. The summed E-state index contributed by atoms with van der Waals surface area (Å²) in [6.45, 7) is 6.80. The maximum atomic E-state index is 5.41. The molecule has 2 heteroatoms. The van der Waals surface area contributed by atoms with Gasteiger partial charge in [0.2, 0.25) is 0 Å². The van der Waals surface area contributed by atoms with Crippen LogP contribution in [0.3, 0.4) is 0 Å². The van der Waals surface area contributed by atoms with E-state index in [1.807, 2.05) is 0 Å². The topological polar surface area (TPSA) is 21.3 Å². The number of rotatable bonds is 3. The molecule has 0 amide bonds. The zero-order valence-electron chi connectivity index (χ0n) is 10.0. The minimum Gasteiger partial charge on any atom is -0.381 e. The fourth-order valence-electron chi connectivity index (χ4n) is 1.95. The van der Waals surface area contributed by atoms with Crippen LogP contribution in [-0.2, 0) is 4.74 Å². The van der Waals surface area contributed by atoms with Crippen LogP contribution in [0, 0.1) is 13.8 Å². The average molecular weight is 217 g/mol. The van der Waals surface area contributed by atoms with Crippen LogP contribution < -0.4 is 5.32 Å². The van der Waals surface area contributed by atoms with Gasteiger partial charge in [0.1, 0.15) is 0 Å². The SMILES string of the molecule is Cc1ccc(NCC2=CCCOC2)c(C)c1. The molecule has 2 rings (SSSR count). The lowest BCUT2D eigenvalue weighted by Gasteiger charge is -2.16. The Morgan fingerprint density at radius 1 is 1.31 bits per heavy atom. The van der Waals surface area contributed by atoms with E-state index in [4.69, 9.17) is 4.74 Å². The van der Waals surface area contributed by atoms with Crippen LogP contribution in [0.1, 0.15) is 17.5 Å². The summed E-state index contributed by atoms with van der Waals surface area (Å²) < 4.78 is 5.41. The number of nitrogens with one attached hydrogen (secondary N) is 1. The first-order chi connectivity index (χ1) is 7.75. The van der Waals surface area contributed by atoms with Gasteiger partial charge < -0.3 is 10.1 Å². The number of hydrogen-bond acceptors (Lipinski definition) is 2. The van der Waals surface area contributed by atoms with E-state index in [9.17, 15) is 0 Å². The molecule has 1 N–H and O–H groups in total. The molecule has 0 fully saturated rings. The second kappa shape index (κ2) is 5.17. The van der Waals surface area contributed by atoms with Crippen molar-refractivity contribution in [3.05, 3.63) is 41.0 Å². The quantitative estimate of drug-likeness (QED) is 0.786. The van der Waals surface area contributed by atoms with Crippen molar-refractivity contribution < 1.29 is 4.74 Å². The number of aryl methyl sites for hydroxylation is 2. The van der Waals surface area contributed by atoms with Crippen LogP contribution >= 0.6 is 0 Å². The van der Waals surface area contributed by atoms with E-state index in [-0.39, 0.29) is 0 Å². The zero-order chi connectivity index (χ0) is 11.4. The first kappa shape index (κ1) is 11.2. The van der Waals surface area contributed by atoms with E-state index in [1.165, 1.54) is 22.4 Å². The predicted molar refractivity (Wildman–Crippen MR) is 67.9 cm³/mol. The van der Waals surface area contributed by atoms with Gasteiger partial charge in [-0.1, -0.05) is 23.8 Å². The third-order valence-corrected chi connectivity index (χ3v) is 2.87. The monoisotopic (exact) mass is 217 g/mol. The van der Waals surface area contributed by atoms with Crippen molar-refractivity contribution >= 4 is 5.69 Å². The summed E-state index contributed by atoms with van der Waals surface area (Å²) in [5.41, 5.74) is 5.18. The van der Waals surface area contributed by atoms with Crippen LogP contribution in [0.4, 0.5) is 5.69 Å². The first-order valence-electron chi connectivity index (χ1n) is 5.82. The molecule has 86 valence electrons. The molecule has 1 heterocycles. The number of anilines is 1. The lowest BCUT2D eigenvalue weighted by Crippen LogP contribution is -2.14. The van der Waals surface area contributed by atoms with Gasteiger partial charge >= 0.3 is 0 Å². The van der Waals surface area contributed by atoms with Crippen molar-refractivity contribution in [1.29, 1.82) is 0 Å². The molecule has 0 bridgehead atoms. The van der Waals surface area contributed by atoms with Crippen LogP contribution in [0.25, 0.3) is 0 Å². The Balaban J connectivity index is 1.96. The lowest BCUT2D eigenvalue weighted by atomic mass is 10.1. The Kier molecular flexibility index (Phi) is 3.62. The maximum absolute atomic E-state index is 5.41. The molecular formula is C14H19NO. The molecule has 0 spiro atoms. The van der Waals surface area contributed by atoms with Gasteiger partial charge in [-0.15, -0.1) is 0 Å². The highest BCUT2D eigenvalue weighted by atomic mass is 16.5. The summed E-state index contributed by atoms with van der Waals surface area (Å²) in [4.78, 5) is 0. The van der Waals surface area contributed by atoms with Gasteiger partial charge in [0, 0.05) is 12.2 Å². The van der Waals surface area contributed by atoms with Gasteiger partial charge in [0.25, 0.3) is 0 Å². The molecule has 0 radical (unpaired) electrons. The summed E-state index contributed by atoms with van der Waals surface area (Å²) in [7, 11) is 0. The van der Waals surface area contributed by atoms with Crippen LogP contribution in [-0.4, -0.2) is 19.8 Å². The van der Waals surface area contributed by atoms with Gasteiger partial charge in [-0.2, -0.15) is 0 Å². The standard InChI is InChI=1S/C14H19NO/c1-11-5-6-14(12(2)8-11)15-9-13-4-3-7-16-10-13/h4-6,8,15H,3,7,9-10H2,1-2H3. The van der Waals surface area contributed by atoms with Crippen molar-refractivity contribution in [3.63, 3.8) is 0 Å². The van der Waals surface area contributed by atoms with Gasteiger partial charge in [-0.05, 0) is 37.5 Å². The molecule has 0 atom stereocenters. The molecule has 0 saturated carbocycles. The van der Waals surface area contributed by atoms with Crippen molar-refractivity contribution in [2.24, 2.45) is 0 Å². The van der Waals surface area contributed by atoms with Crippen molar-refractivity contribution in [1.82, 2.24) is 0 Å². The van der Waals surface area contributed by atoms with Gasteiger partial charge in [0.05, 0.1) is 13.2 Å². The van der Waals surface area contributed by atoms with Gasteiger partial charge in [0.15, 0.2) is 0 Å². The van der Waals surface area contributed by atoms with E-state index in [0.717, 1.165) is 26.2 Å². The molecule has 0 saturated heterocycles. The average Bonchev–Trinajstić information content (AvgIpc) is 2.29. The summed E-state index contributed by atoms with van der Waals surface area (Å²) in [5, 5.41) is 3.46. The third-order valence-electron chi connectivity index (χ3n) is 2.87. The second-order valence-corrected chi connectivity index (χ2v) is 4.38. The third kappa shape index (κ3) is 2.86. The summed E-state index contributed by atoms with van der Waals surface area (Å²) in [6.07, 6.45) is 3.32. The smallest absolute Gasteiger partial charge is 0.0693 e. The second-order valence-electron chi connectivity index (χ2n) is 4.38. The van der Waals surface area contributed by atoms with Crippen molar-refractivity contribution in [3.8, 4) is 0 Å². The fourth-order valence-corrected chi connectivity index (χ4v) is 1.95. The highest BCUT2D eigenvalue weighted by Crippen LogP contribution is 2.17. The van der Waals surface area contributed by atoms with Crippen LogP contribution in [0.15, 0.2) is 29.8 Å². The van der Waals surface area contributed by atoms with E-state index in [2.05, 4.69) is 43.4 Å². The molecule has 0 unspecified atom stereocenters. The van der Waals surface area contributed by atoms with Crippen LogP contribution in [0.5, 0.6) is 0 Å². The summed E-state index contributed by atoms with van der Waals surface area (Å²) in [5.74, 6) is 0. The predicted octanol–water partition coefficient (Wildman–Crippen LogP) is 3.06. The molecule has 1 aromatic rings. The maximum Gasteiger partial charge on any atom is 0.0693 e. The minimum atomic E-state index is 0.776. The van der Waals surface area contributed by atoms with Gasteiger partial charge in [-0.3, -0.25) is 0 Å². The minimum absolute atomic E-state index is 0.776. The number of hydrogen-bond donors (Lipinski definition) is 1. The zero-order valence-corrected chi connectivity index (χ0v) is 10.0. The molecule has 1 aliphatic heterocycles. The van der Waals surface area contributed by atoms with E-state index in [1.54, 1.807) is 0 Å². The summed E-state index contributed by atoms with van der Waals surface area (Å²) >= 11 is 0. The normalized spacial score (nSPS) is 15.8. The van der Waals surface area contributed by atoms with Crippen molar-refractivity contribution in [2.45, 2.75) is 20.3 Å². The largest absolute Gasteiger partial charge is 0.381 e. The Morgan fingerprint density at radius 3 is 2.88 bits per heavy atom. The molecule has 16 heavy (non-hydrogen) atoms. The number of ether oxygens (including phenoxy) is 1. The fraction of sp³-hybridized carbons (Fsp3) is 0.429. The Labute approximate surface area is 97.3 Å². The number of benzene rings is 1. The Bertz CT molecular complexity index is 396. The highest BCUT2D eigenvalue weighted by molar-refractivity contribution is 5.52. The van der Waals surface area contributed by atoms with E-state index >= 15 is 0 Å². The van der Waals surface area contributed by atoms with Crippen molar-refractivity contribution in [2.75, 3.05) is 25.1 Å². The highest BCUT2D eigenvalue weighted by Gasteiger charge is 2.04. The Morgan fingerprint density at radius 2 is 2.19 bits per heavy atom. The molecule has 1 aromatic carbocycles. The molecular weight excluding hydrogens is 198 g/mol. The molecule has 1 aliphatic rings.